The van der Waals surface area contributed by atoms with E-state index in [0.717, 1.165) is 24.6 Å². The Bertz CT molecular complexity index is 521. The summed E-state index contributed by atoms with van der Waals surface area (Å²) < 4.78 is 5.71. The Hall–Kier alpha value is -1.61. The Kier molecular flexibility index (Phi) is 3.65. The topological polar surface area (TPSA) is 29.3 Å². The highest BCUT2D eigenvalue weighted by atomic mass is 16.3. The molecule has 1 aliphatic heterocycles. The Morgan fingerprint density at radius 3 is 3.00 bits per heavy atom. The van der Waals surface area contributed by atoms with Crippen LogP contribution < -0.4 is 0 Å². The fraction of sp³-hybridized carbons (Fsp3) is 0.438. The number of aryl methyl sites for hydroxylation is 1. The fourth-order valence-corrected chi connectivity index (χ4v) is 2.90. The van der Waals surface area contributed by atoms with E-state index in [1.165, 1.54) is 24.8 Å². The van der Waals surface area contributed by atoms with Crippen molar-refractivity contribution in [2.75, 3.05) is 6.54 Å². The van der Waals surface area contributed by atoms with Crippen LogP contribution in [0.25, 0.3) is 0 Å². The van der Waals surface area contributed by atoms with Gasteiger partial charge in [-0.1, -0.05) is 12.5 Å². The molecule has 2 aromatic heterocycles. The van der Waals surface area contributed by atoms with E-state index in [1.807, 2.05) is 31.5 Å². The lowest BCUT2D eigenvalue weighted by molar-refractivity contribution is 0.129. The second-order valence-electron chi connectivity index (χ2n) is 5.28. The molecule has 1 atom stereocenters. The first-order chi connectivity index (χ1) is 9.33. The minimum absolute atomic E-state index is 0.479. The first-order valence-corrected chi connectivity index (χ1v) is 7.02. The lowest BCUT2D eigenvalue weighted by Gasteiger charge is -2.35. The van der Waals surface area contributed by atoms with Gasteiger partial charge in [-0.15, -0.1) is 0 Å². The number of hydrogen-bond donors (Lipinski definition) is 0. The quantitative estimate of drug-likeness (QED) is 0.838. The third-order valence-electron chi connectivity index (χ3n) is 3.84. The second kappa shape index (κ2) is 5.57. The van der Waals surface area contributed by atoms with Crippen molar-refractivity contribution in [3.8, 4) is 0 Å². The van der Waals surface area contributed by atoms with Gasteiger partial charge in [0.1, 0.15) is 11.5 Å². The van der Waals surface area contributed by atoms with Gasteiger partial charge in [0.15, 0.2) is 0 Å². The molecule has 3 rings (SSSR count). The van der Waals surface area contributed by atoms with Gasteiger partial charge in [-0.25, -0.2) is 0 Å². The first-order valence-electron chi connectivity index (χ1n) is 7.02. The van der Waals surface area contributed by atoms with Gasteiger partial charge in [0.05, 0.1) is 6.54 Å². The van der Waals surface area contributed by atoms with E-state index in [-0.39, 0.29) is 0 Å². The molecule has 0 spiro atoms. The number of likely N-dealkylation sites (tertiary alicyclic amines) is 1. The van der Waals surface area contributed by atoms with Gasteiger partial charge in [0, 0.05) is 18.4 Å². The summed E-state index contributed by atoms with van der Waals surface area (Å²) >= 11 is 0. The molecule has 0 aliphatic carbocycles. The number of rotatable bonds is 3. The van der Waals surface area contributed by atoms with E-state index in [2.05, 4.69) is 22.0 Å². The number of aromatic nitrogens is 1. The molecule has 0 unspecified atom stereocenters. The Labute approximate surface area is 114 Å². The van der Waals surface area contributed by atoms with Crippen molar-refractivity contribution in [3.63, 3.8) is 0 Å². The normalized spacial score (nSPS) is 20.6. The van der Waals surface area contributed by atoms with Crippen LogP contribution >= 0.6 is 0 Å². The van der Waals surface area contributed by atoms with Crippen LogP contribution in [-0.4, -0.2) is 16.4 Å². The van der Waals surface area contributed by atoms with Crippen LogP contribution in [0.4, 0.5) is 0 Å². The molecule has 1 aliphatic rings. The second-order valence-corrected chi connectivity index (χ2v) is 5.28. The highest BCUT2D eigenvalue weighted by molar-refractivity contribution is 5.15. The lowest BCUT2D eigenvalue weighted by atomic mass is 9.96. The molecule has 0 aromatic carbocycles. The lowest BCUT2D eigenvalue weighted by Crippen LogP contribution is -2.32. The van der Waals surface area contributed by atoms with Crippen LogP contribution in [0.3, 0.4) is 0 Å². The van der Waals surface area contributed by atoms with Crippen molar-refractivity contribution in [3.05, 3.63) is 53.7 Å². The number of pyridine rings is 1. The van der Waals surface area contributed by atoms with Crippen LogP contribution in [0.15, 0.2) is 41.1 Å². The van der Waals surface area contributed by atoms with E-state index >= 15 is 0 Å². The predicted molar refractivity (Wildman–Crippen MR) is 74.7 cm³/mol. The zero-order valence-electron chi connectivity index (χ0n) is 11.4. The maximum absolute atomic E-state index is 5.71. The van der Waals surface area contributed by atoms with Crippen molar-refractivity contribution in [2.45, 2.75) is 38.8 Å². The monoisotopic (exact) mass is 256 g/mol. The molecule has 3 heteroatoms. The maximum Gasteiger partial charge on any atom is 0.118 e. The minimum atomic E-state index is 0.479. The number of hydrogen-bond acceptors (Lipinski definition) is 3. The van der Waals surface area contributed by atoms with Crippen molar-refractivity contribution >= 4 is 0 Å². The fourth-order valence-electron chi connectivity index (χ4n) is 2.90. The van der Waals surface area contributed by atoms with Crippen molar-refractivity contribution in [1.82, 2.24) is 9.88 Å². The van der Waals surface area contributed by atoms with Gasteiger partial charge < -0.3 is 4.42 Å². The average molecular weight is 256 g/mol. The summed E-state index contributed by atoms with van der Waals surface area (Å²) in [5.74, 6) is 2.05. The van der Waals surface area contributed by atoms with E-state index in [9.17, 15) is 0 Å². The molecular weight excluding hydrogens is 236 g/mol. The van der Waals surface area contributed by atoms with E-state index < -0.39 is 0 Å². The Morgan fingerprint density at radius 1 is 1.32 bits per heavy atom. The molecule has 0 bridgehead atoms. The van der Waals surface area contributed by atoms with Crippen LogP contribution in [0.5, 0.6) is 0 Å². The molecule has 3 nitrogen and oxygen atoms in total. The molecule has 2 aromatic rings. The Balaban J connectivity index is 1.77. The van der Waals surface area contributed by atoms with Gasteiger partial charge in [-0.05, 0) is 50.1 Å². The van der Waals surface area contributed by atoms with Crippen LogP contribution in [-0.2, 0) is 6.54 Å². The SMILES string of the molecule is Cc1ccc(CN2CCCC[C@@H]2c2cccnc2)o1. The Morgan fingerprint density at radius 2 is 2.26 bits per heavy atom. The first kappa shape index (κ1) is 12.4. The molecule has 0 amide bonds. The van der Waals surface area contributed by atoms with Gasteiger partial charge in [-0.3, -0.25) is 9.88 Å². The van der Waals surface area contributed by atoms with Gasteiger partial charge >= 0.3 is 0 Å². The largest absolute Gasteiger partial charge is 0.465 e. The molecule has 1 saturated heterocycles. The van der Waals surface area contributed by atoms with E-state index in [0.29, 0.717) is 6.04 Å². The standard InChI is InChI=1S/C16H20N2O/c1-13-7-8-15(19-13)12-18-10-3-2-6-16(18)14-5-4-9-17-11-14/h4-5,7-9,11,16H,2-3,6,10,12H2,1H3/t16-/m1/s1. The van der Waals surface area contributed by atoms with Gasteiger partial charge in [-0.2, -0.15) is 0 Å². The summed E-state index contributed by atoms with van der Waals surface area (Å²) in [5, 5.41) is 0. The highest BCUT2D eigenvalue weighted by Gasteiger charge is 2.24. The molecule has 0 radical (unpaired) electrons. The third-order valence-corrected chi connectivity index (χ3v) is 3.84. The maximum atomic E-state index is 5.71. The summed E-state index contributed by atoms with van der Waals surface area (Å²) in [5.41, 5.74) is 1.32. The highest BCUT2D eigenvalue weighted by Crippen LogP contribution is 2.31. The third kappa shape index (κ3) is 2.87. The smallest absolute Gasteiger partial charge is 0.118 e. The number of nitrogens with zero attached hydrogens (tertiary/aromatic N) is 2. The van der Waals surface area contributed by atoms with Crippen molar-refractivity contribution in [2.24, 2.45) is 0 Å². The van der Waals surface area contributed by atoms with E-state index in [1.54, 1.807) is 0 Å². The van der Waals surface area contributed by atoms with Gasteiger partial charge in [0.25, 0.3) is 0 Å². The molecule has 3 heterocycles. The van der Waals surface area contributed by atoms with Crippen LogP contribution in [0.2, 0.25) is 0 Å². The molecule has 1 fully saturated rings. The van der Waals surface area contributed by atoms with Gasteiger partial charge in [0.2, 0.25) is 0 Å². The number of piperidine rings is 1. The average Bonchev–Trinajstić information content (AvgIpc) is 2.86. The van der Waals surface area contributed by atoms with Crippen LogP contribution in [0, 0.1) is 6.92 Å². The summed E-state index contributed by atoms with van der Waals surface area (Å²) in [7, 11) is 0. The van der Waals surface area contributed by atoms with Crippen LogP contribution in [0.1, 0.15) is 42.4 Å². The summed E-state index contributed by atoms with van der Waals surface area (Å²) in [6.07, 6.45) is 7.62. The zero-order chi connectivity index (χ0) is 13.1. The number of furan rings is 1. The molecule has 100 valence electrons. The predicted octanol–water partition coefficient (Wildman–Crippen LogP) is 3.71. The minimum Gasteiger partial charge on any atom is -0.465 e. The molecule has 0 saturated carbocycles. The molecule has 0 N–H and O–H groups in total. The molecular formula is C16H20N2O. The summed E-state index contributed by atoms with van der Waals surface area (Å²) in [6.45, 7) is 4.03. The van der Waals surface area contributed by atoms with Crippen molar-refractivity contribution in [1.29, 1.82) is 0 Å². The summed E-state index contributed by atoms with van der Waals surface area (Å²) in [6, 6.07) is 8.82. The summed E-state index contributed by atoms with van der Waals surface area (Å²) in [4.78, 5) is 6.77. The zero-order valence-corrected chi connectivity index (χ0v) is 11.4. The molecule has 19 heavy (non-hydrogen) atoms. The van der Waals surface area contributed by atoms with E-state index in [4.69, 9.17) is 4.42 Å². The van der Waals surface area contributed by atoms with Crippen molar-refractivity contribution < 1.29 is 4.42 Å².